The van der Waals surface area contributed by atoms with E-state index in [-0.39, 0.29) is 5.91 Å². The Hall–Kier alpha value is -1.40. The normalized spacial score (nSPS) is 10.4. The number of aromatic amines is 1. The van der Waals surface area contributed by atoms with Crippen LogP contribution in [-0.4, -0.2) is 33.0 Å². The van der Waals surface area contributed by atoms with Crippen LogP contribution >= 0.6 is 22.9 Å². The third kappa shape index (κ3) is 2.40. The molecule has 5 nitrogen and oxygen atoms in total. The number of rotatable bonds is 3. The molecule has 84 valence electrons. The van der Waals surface area contributed by atoms with E-state index in [1.54, 1.807) is 24.1 Å². The lowest BCUT2D eigenvalue weighted by Gasteiger charge is -2.13. The summed E-state index contributed by atoms with van der Waals surface area (Å²) in [5.74, 6) is 0.576. The summed E-state index contributed by atoms with van der Waals surface area (Å²) < 4.78 is 0.608. The highest BCUT2D eigenvalue weighted by molar-refractivity contribution is 7.17. The average Bonchev–Trinajstić information content (AvgIpc) is 2.88. The van der Waals surface area contributed by atoms with E-state index in [9.17, 15) is 4.79 Å². The van der Waals surface area contributed by atoms with Gasteiger partial charge in [0.1, 0.15) is 12.2 Å². The Labute approximate surface area is 101 Å². The SMILES string of the molecule is CN(Cc1ncn[nH]1)C(=O)c1ccc(Cl)s1. The van der Waals surface area contributed by atoms with Crippen LogP contribution in [0, 0.1) is 0 Å². The highest BCUT2D eigenvalue weighted by Gasteiger charge is 2.14. The molecule has 0 aliphatic carbocycles. The zero-order chi connectivity index (χ0) is 11.5. The average molecular weight is 257 g/mol. The molecule has 1 amide bonds. The standard InChI is InChI=1S/C9H9ClN4OS/c1-14(4-8-11-5-12-13-8)9(15)6-2-3-7(10)16-6/h2-3,5H,4H2,1H3,(H,11,12,13). The monoisotopic (exact) mass is 256 g/mol. The second-order valence-corrected chi connectivity index (χ2v) is 4.91. The quantitative estimate of drug-likeness (QED) is 0.911. The van der Waals surface area contributed by atoms with Crippen molar-refractivity contribution in [3.8, 4) is 0 Å². The van der Waals surface area contributed by atoms with Crippen LogP contribution in [0.5, 0.6) is 0 Å². The maximum atomic E-state index is 11.9. The van der Waals surface area contributed by atoms with Crippen LogP contribution in [0.4, 0.5) is 0 Å². The number of nitrogens with one attached hydrogen (secondary N) is 1. The van der Waals surface area contributed by atoms with Gasteiger partial charge in [0.25, 0.3) is 5.91 Å². The van der Waals surface area contributed by atoms with E-state index in [0.29, 0.717) is 21.6 Å². The van der Waals surface area contributed by atoms with Crippen molar-refractivity contribution in [2.75, 3.05) is 7.05 Å². The summed E-state index contributed by atoms with van der Waals surface area (Å²) in [6.07, 6.45) is 1.41. The maximum absolute atomic E-state index is 11.9. The van der Waals surface area contributed by atoms with Crippen molar-refractivity contribution in [3.63, 3.8) is 0 Å². The molecule has 1 N–H and O–H groups in total. The first kappa shape index (κ1) is 11.1. The van der Waals surface area contributed by atoms with Crippen LogP contribution in [0.2, 0.25) is 4.34 Å². The Morgan fingerprint density at radius 1 is 1.62 bits per heavy atom. The van der Waals surface area contributed by atoms with Gasteiger partial charge in [-0.2, -0.15) is 5.10 Å². The van der Waals surface area contributed by atoms with Crippen molar-refractivity contribution >= 4 is 28.8 Å². The summed E-state index contributed by atoms with van der Waals surface area (Å²) >= 11 is 7.04. The van der Waals surface area contributed by atoms with Crippen molar-refractivity contribution in [1.29, 1.82) is 0 Å². The van der Waals surface area contributed by atoms with Crippen molar-refractivity contribution < 1.29 is 4.79 Å². The highest BCUT2D eigenvalue weighted by atomic mass is 35.5. The van der Waals surface area contributed by atoms with Crippen LogP contribution in [0.3, 0.4) is 0 Å². The van der Waals surface area contributed by atoms with Gasteiger partial charge >= 0.3 is 0 Å². The highest BCUT2D eigenvalue weighted by Crippen LogP contribution is 2.22. The molecule has 0 saturated heterocycles. The van der Waals surface area contributed by atoms with Gasteiger partial charge in [0, 0.05) is 7.05 Å². The summed E-state index contributed by atoms with van der Waals surface area (Å²) in [6.45, 7) is 0.397. The van der Waals surface area contributed by atoms with Crippen molar-refractivity contribution in [2.45, 2.75) is 6.54 Å². The first-order chi connectivity index (χ1) is 7.66. The molecule has 2 aromatic rings. The van der Waals surface area contributed by atoms with Crippen molar-refractivity contribution in [1.82, 2.24) is 20.1 Å². The molecule has 16 heavy (non-hydrogen) atoms. The van der Waals surface area contributed by atoms with E-state index in [1.165, 1.54) is 17.7 Å². The zero-order valence-electron chi connectivity index (χ0n) is 8.48. The zero-order valence-corrected chi connectivity index (χ0v) is 10.0. The third-order valence-electron chi connectivity index (χ3n) is 1.98. The molecule has 0 unspecified atom stereocenters. The van der Waals surface area contributed by atoms with Gasteiger partial charge < -0.3 is 4.90 Å². The van der Waals surface area contributed by atoms with E-state index in [4.69, 9.17) is 11.6 Å². The Bertz CT molecular complexity index is 481. The minimum Gasteiger partial charge on any atom is -0.333 e. The summed E-state index contributed by atoms with van der Waals surface area (Å²) in [7, 11) is 1.71. The van der Waals surface area contributed by atoms with Crippen LogP contribution in [0.15, 0.2) is 18.5 Å². The number of hydrogen-bond acceptors (Lipinski definition) is 4. The fraction of sp³-hybridized carbons (Fsp3) is 0.222. The number of carbonyl (C=O) groups excluding carboxylic acids is 1. The summed E-state index contributed by atoms with van der Waals surface area (Å²) in [5.41, 5.74) is 0. The second-order valence-electron chi connectivity index (χ2n) is 3.20. The van der Waals surface area contributed by atoms with E-state index in [0.717, 1.165) is 0 Å². The molecule has 0 bridgehead atoms. The van der Waals surface area contributed by atoms with Crippen LogP contribution in [0.25, 0.3) is 0 Å². The number of carbonyl (C=O) groups is 1. The Morgan fingerprint density at radius 3 is 3.00 bits per heavy atom. The first-order valence-electron chi connectivity index (χ1n) is 4.52. The molecule has 0 saturated carbocycles. The molecular weight excluding hydrogens is 248 g/mol. The number of halogens is 1. The van der Waals surface area contributed by atoms with E-state index in [1.807, 2.05) is 0 Å². The number of nitrogens with zero attached hydrogens (tertiary/aromatic N) is 3. The molecule has 0 aromatic carbocycles. The minimum absolute atomic E-state index is 0.0756. The van der Waals surface area contributed by atoms with Crippen LogP contribution in [0.1, 0.15) is 15.5 Å². The number of hydrogen-bond donors (Lipinski definition) is 1. The Kier molecular flexibility index (Phi) is 3.21. The van der Waals surface area contributed by atoms with E-state index in [2.05, 4.69) is 15.2 Å². The molecule has 0 spiro atoms. The molecule has 0 aliphatic heterocycles. The lowest BCUT2D eigenvalue weighted by Crippen LogP contribution is -2.25. The second kappa shape index (κ2) is 4.63. The lowest BCUT2D eigenvalue weighted by atomic mass is 10.4. The van der Waals surface area contributed by atoms with Crippen molar-refractivity contribution in [2.24, 2.45) is 0 Å². The predicted octanol–water partition coefficient (Wildman–Crippen LogP) is 1.79. The minimum atomic E-state index is -0.0756. The first-order valence-corrected chi connectivity index (χ1v) is 5.71. The molecule has 0 radical (unpaired) electrons. The van der Waals surface area contributed by atoms with Gasteiger partial charge in [-0.3, -0.25) is 9.89 Å². The number of amides is 1. The fourth-order valence-corrected chi connectivity index (χ4v) is 2.26. The molecule has 7 heteroatoms. The molecule has 2 heterocycles. The van der Waals surface area contributed by atoms with E-state index >= 15 is 0 Å². The fourth-order valence-electron chi connectivity index (χ4n) is 1.22. The van der Waals surface area contributed by atoms with Gasteiger partial charge in [-0.1, -0.05) is 11.6 Å². The summed E-state index contributed by atoms with van der Waals surface area (Å²) in [5, 5.41) is 6.42. The molecular formula is C9H9ClN4OS. The van der Waals surface area contributed by atoms with Crippen LogP contribution in [-0.2, 0) is 6.54 Å². The molecule has 2 rings (SSSR count). The largest absolute Gasteiger partial charge is 0.333 e. The molecule has 0 fully saturated rings. The number of H-pyrrole nitrogens is 1. The Morgan fingerprint density at radius 2 is 2.44 bits per heavy atom. The molecule has 0 aliphatic rings. The molecule has 2 aromatic heterocycles. The van der Waals surface area contributed by atoms with Gasteiger partial charge in [-0.15, -0.1) is 11.3 Å². The summed E-state index contributed by atoms with van der Waals surface area (Å²) in [6, 6.07) is 3.42. The topological polar surface area (TPSA) is 61.9 Å². The maximum Gasteiger partial charge on any atom is 0.264 e. The van der Waals surface area contributed by atoms with Gasteiger partial charge in [0.15, 0.2) is 0 Å². The smallest absolute Gasteiger partial charge is 0.264 e. The predicted molar refractivity (Wildman–Crippen MR) is 61.5 cm³/mol. The van der Waals surface area contributed by atoms with Gasteiger partial charge in [-0.05, 0) is 12.1 Å². The third-order valence-corrected chi connectivity index (χ3v) is 3.20. The number of thiophene rings is 1. The van der Waals surface area contributed by atoms with E-state index < -0.39 is 0 Å². The summed E-state index contributed by atoms with van der Waals surface area (Å²) in [4.78, 5) is 18.0. The van der Waals surface area contributed by atoms with Crippen LogP contribution < -0.4 is 0 Å². The molecule has 0 atom stereocenters. The van der Waals surface area contributed by atoms with Gasteiger partial charge in [-0.25, -0.2) is 4.98 Å². The van der Waals surface area contributed by atoms with Gasteiger partial charge in [0.05, 0.1) is 15.8 Å². The van der Waals surface area contributed by atoms with Gasteiger partial charge in [0.2, 0.25) is 0 Å². The number of aromatic nitrogens is 3. The Balaban J connectivity index is 2.05. The lowest BCUT2D eigenvalue weighted by molar-refractivity contribution is 0.0786. The van der Waals surface area contributed by atoms with Crippen molar-refractivity contribution in [3.05, 3.63) is 33.5 Å².